The lowest BCUT2D eigenvalue weighted by atomic mass is 10.0. The van der Waals surface area contributed by atoms with E-state index in [0.29, 0.717) is 19.3 Å². The zero-order chi connectivity index (χ0) is 44.4. The van der Waals surface area contributed by atoms with Gasteiger partial charge in [0, 0.05) is 19.3 Å². The number of esters is 3. The maximum atomic E-state index is 12.8. The standard InChI is InChI=1S/C55H100O6/c1-4-7-10-13-16-19-22-25-27-30-33-36-39-42-45-48-54(57)60-51-52(50-59-53(56)47-44-41-38-35-32-29-24-21-18-15-12-9-6-3)61-55(58)49-46-43-40-37-34-31-28-26-23-20-17-14-11-8-5-2/h7,10,13,16,19,22,52H,4-6,8-9,11-12,14-15,17-18,20-21,23-51H2,1-3H3/b10-7-,16-13-,22-19-. The first-order valence-corrected chi connectivity index (χ1v) is 26.5. The Morgan fingerprint density at radius 2 is 0.639 bits per heavy atom. The molecular weight excluding hydrogens is 757 g/mol. The van der Waals surface area contributed by atoms with Crippen molar-refractivity contribution < 1.29 is 28.6 Å². The van der Waals surface area contributed by atoms with Crippen LogP contribution in [-0.2, 0) is 28.6 Å². The highest BCUT2D eigenvalue weighted by Crippen LogP contribution is 2.16. The van der Waals surface area contributed by atoms with Crippen molar-refractivity contribution >= 4 is 17.9 Å². The summed E-state index contributed by atoms with van der Waals surface area (Å²) in [6.45, 7) is 6.53. The van der Waals surface area contributed by atoms with Crippen molar-refractivity contribution in [1.82, 2.24) is 0 Å². The Bertz CT molecular complexity index is 1030. The summed E-state index contributed by atoms with van der Waals surface area (Å²) in [5.41, 5.74) is 0. The van der Waals surface area contributed by atoms with Crippen LogP contribution in [0.3, 0.4) is 0 Å². The molecule has 0 saturated heterocycles. The van der Waals surface area contributed by atoms with Crippen LogP contribution in [0.25, 0.3) is 0 Å². The summed E-state index contributed by atoms with van der Waals surface area (Å²) in [7, 11) is 0. The van der Waals surface area contributed by atoms with E-state index in [1.165, 1.54) is 167 Å². The Morgan fingerprint density at radius 3 is 0.984 bits per heavy atom. The molecule has 0 N–H and O–H groups in total. The van der Waals surface area contributed by atoms with Crippen LogP contribution in [-0.4, -0.2) is 37.2 Å². The fourth-order valence-corrected chi connectivity index (χ4v) is 7.74. The topological polar surface area (TPSA) is 78.9 Å². The molecule has 0 aliphatic rings. The SMILES string of the molecule is CC\C=C/C=C\C=C/CCCCCCCCCC(=O)OCC(COC(=O)CCCCCCCCCCCCCCC)OC(=O)CCCCCCCCCCCCCCCCC. The van der Waals surface area contributed by atoms with Gasteiger partial charge in [-0.15, -0.1) is 0 Å². The van der Waals surface area contributed by atoms with Crippen LogP contribution in [0.5, 0.6) is 0 Å². The third-order valence-corrected chi connectivity index (χ3v) is 11.7. The zero-order valence-corrected chi connectivity index (χ0v) is 40.7. The summed E-state index contributed by atoms with van der Waals surface area (Å²) in [4.78, 5) is 38.0. The second kappa shape index (κ2) is 50.3. The number of carbonyl (C=O) groups excluding carboxylic acids is 3. The fraction of sp³-hybridized carbons (Fsp3) is 0.836. The number of hydrogen-bond acceptors (Lipinski definition) is 6. The van der Waals surface area contributed by atoms with Crippen molar-refractivity contribution in [2.45, 2.75) is 284 Å². The van der Waals surface area contributed by atoms with Crippen LogP contribution in [0.2, 0.25) is 0 Å². The molecule has 0 radical (unpaired) electrons. The summed E-state index contributed by atoms with van der Waals surface area (Å²) in [5, 5.41) is 0. The molecule has 0 aromatic rings. The smallest absolute Gasteiger partial charge is 0.306 e. The largest absolute Gasteiger partial charge is 0.462 e. The van der Waals surface area contributed by atoms with Gasteiger partial charge in [-0.25, -0.2) is 0 Å². The molecule has 0 heterocycles. The Labute approximate surface area is 378 Å². The molecule has 61 heavy (non-hydrogen) atoms. The van der Waals surface area contributed by atoms with E-state index in [2.05, 4.69) is 57.2 Å². The minimum Gasteiger partial charge on any atom is -0.462 e. The van der Waals surface area contributed by atoms with Gasteiger partial charge < -0.3 is 14.2 Å². The first kappa shape index (κ1) is 58.6. The van der Waals surface area contributed by atoms with Gasteiger partial charge in [-0.3, -0.25) is 14.4 Å². The first-order chi connectivity index (χ1) is 30.0. The quantitative estimate of drug-likeness (QED) is 0.0262. The molecule has 356 valence electrons. The van der Waals surface area contributed by atoms with Gasteiger partial charge in [-0.2, -0.15) is 0 Å². The Hall–Kier alpha value is -2.37. The van der Waals surface area contributed by atoms with E-state index in [0.717, 1.165) is 70.6 Å². The van der Waals surface area contributed by atoms with Crippen LogP contribution in [0, 0.1) is 0 Å². The molecule has 0 fully saturated rings. The van der Waals surface area contributed by atoms with Gasteiger partial charge in [0.15, 0.2) is 6.10 Å². The van der Waals surface area contributed by atoms with Crippen LogP contribution >= 0.6 is 0 Å². The molecule has 1 unspecified atom stereocenters. The van der Waals surface area contributed by atoms with Crippen molar-refractivity contribution in [2.24, 2.45) is 0 Å². The monoisotopic (exact) mass is 857 g/mol. The van der Waals surface area contributed by atoms with E-state index in [1.54, 1.807) is 0 Å². The molecule has 0 aliphatic heterocycles. The highest BCUT2D eigenvalue weighted by molar-refractivity contribution is 5.71. The molecule has 0 aromatic carbocycles. The molecule has 0 aliphatic carbocycles. The average molecular weight is 857 g/mol. The average Bonchev–Trinajstić information content (AvgIpc) is 3.26. The second-order valence-electron chi connectivity index (χ2n) is 17.8. The molecule has 0 rings (SSSR count). The van der Waals surface area contributed by atoms with Crippen molar-refractivity contribution in [1.29, 1.82) is 0 Å². The molecule has 0 saturated carbocycles. The lowest BCUT2D eigenvalue weighted by molar-refractivity contribution is -0.167. The molecule has 0 spiro atoms. The third kappa shape index (κ3) is 48.5. The number of allylic oxidation sites excluding steroid dienone is 6. The molecule has 6 nitrogen and oxygen atoms in total. The van der Waals surface area contributed by atoms with Gasteiger partial charge in [0.05, 0.1) is 0 Å². The van der Waals surface area contributed by atoms with Crippen molar-refractivity contribution in [3.8, 4) is 0 Å². The minimum absolute atomic E-state index is 0.0715. The Morgan fingerprint density at radius 1 is 0.344 bits per heavy atom. The maximum Gasteiger partial charge on any atom is 0.306 e. The zero-order valence-electron chi connectivity index (χ0n) is 40.7. The maximum absolute atomic E-state index is 12.8. The van der Waals surface area contributed by atoms with Crippen LogP contribution < -0.4 is 0 Å². The summed E-state index contributed by atoms with van der Waals surface area (Å²) < 4.78 is 16.8. The summed E-state index contributed by atoms with van der Waals surface area (Å²) >= 11 is 0. The molecule has 0 aromatic heterocycles. The van der Waals surface area contributed by atoms with E-state index in [4.69, 9.17) is 14.2 Å². The molecule has 0 amide bonds. The van der Waals surface area contributed by atoms with E-state index in [-0.39, 0.29) is 31.1 Å². The van der Waals surface area contributed by atoms with E-state index in [9.17, 15) is 14.4 Å². The van der Waals surface area contributed by atoms with Gasteiger partial charge in [0.25, 0.3) is 0 Å². The van der Waals surface area contributed by atoms with Crippen LogP contribution in [0.15, 0.2) is 36.5 Å². The summed E-state index contributed by atoms with van der Waals surface area (Å²) in [6.07, 6.45) is 58.4. The minimum atomic E-state index is -0.771. The molecule has 0 bridgehead atoms. The molecule has 6 heteroatoms. The van der Waals surface area contributed by atoms with Gasteiger partial charge in [-0.05, 0) is 38.5 Å². The summed E-state index contributed by atoms with van der Waals surface area (Å²) in [5.74, 6) is -0.870. The number of rotatable bonds is 48. The lowest BCUT2D eigenvalue weighted by Gasteiger charge is -2.18. The Balaban J connectivity index is 4.35. The summed E-state index contributed by atoms with van der Waals surface area (Å²) in [6, 6.07) is 0. The highest BCUT2D eigenvalue weighted by atomic mass is 16.6. The Kier molecular flexibility index (Phi) is 48.3. The van der Waals surface area contributed by atoms with Crippen molar-refractivity contribution in [2.75, 3.05) is 13.2 Å². The fourth-order valence-electron chi connectivity index (χ4n) is 7.74. The highest BCUT2D eigenvalue weighted by Gasteiger charge is 2.19. The van der Waals surface area contributed by atoms with E-state index in [1.807, 2.05) is 0 Å². The van der Waals surface area contributed by atoms with Gasteiger partial charge in [0.1, 0.15) is 13.2 Å². The predicted octanol–water partition coefficient (Wildman–Crippen LogP) is 17.3. The van der Waals surface area contributed by atoms with Crippen molar-refractivity contribution in [3.63, 3.8) is 0 Å². The second-order valence-corrected chi connectivity index (χ2v) is 17.8. The number of unbranched alkanes of at least 4 members (excludes halogenated alkanes) is 33. The molecular formula is C55H100O6. The van der Waals surface area contributed by atoms with Gasteiger partial charge in [-0.1, -0.05) is 256 Å². The van der Waals surface area contributed by atoms with Crippen molar-refractivity contribution in [3.05, 3.63) is 36.5 Å². The van der Waals surface area contributed by atoms with Crippen LogP contribution in [0.1, 0.15) is 278 Å². The molecule has 1 atom stereocenters. The first-order valence-electron chi connectivity index (χ1n) is 26.5. The van der Waals surface area contributed by atoms with E-state index < -0.39 is 6.10 Å². The van der Waals surface area contributed by atoms with Crippen LogP contribution in [0.4, 0.5) is 0 Å². The third-order valence-electron chi connectivity index (χ3n) is 11.7. The number of ether oxygens (including phenoxy) is 3. The predicted molar refractivity (Wildman–Crippen MR) is 261 cm³/mol. The van der Waals surface area contributed by atoms with E-state index >= 15 is 0 Å². The van der Waals surface area contributed by atoms with Gasteiger partial charge in [0.2, 0.25) is 0 Å². The number of carbonyl (C=O) groups is 3. The lowest BCUT2D eigenvalue weighted by Crippen LogP contribution is -2.30. The van der Waals surface area contributed by atoms with Gasteiger partial charge >= 0.3 is 17.9 Å². The number of hydrogen-bond donors (Lipinski definition) is 0. The normalized spacial score (nSPS) is 12.2.